The van der Waals surface area contributed by atoms with Gasteiger partial charge in [0.1, 0.15) is 11.9 Å². The van der Waals surface area contributed by atoms with Crippen molar-refractivity contribution in [2.75, 3.05) is 18.0 Å². The van der Waals surface area contributed by atoms with Gasteiger partial charge in [-0.25, -0.2) is 9.18 Å². The quantitative estimate of drug-likeness (QED) is 0.281. The third-order valence-corrected chi connectivity index (χ3v) is 6.57. The highest BCUT2D eigenvalue weighted by Crippen LogP contribution is 2.44. The van der Waals surface area contributed by atoms with Crippen LogP contribution in [-0.2, 0) is 9.59 Å². The van der Waals surface area contributed by atoms with Crippen LogP contribution in [0.3, 0.4) is 0 Å². The SMILES string of the molecule is C=CCN(CCC[C@@H](C(=O)O)N(C=O)c1ccc(-c2cnccn2)cc1)[C@@H]1C[C@H]1c1ccc(F)cc1. The Kier molecular flexibility index (Phi) is 8.17. The second-order valence-electron chi connectivity index (χ2n) is 8.89. The summed E-state index contributed by atoms with van der Waals surface area (Å²) in [6.07, 6.45) is 9.12. The number of hydrogen-bond acceptors (Lipinski definition) is 5. The molecule has 1 aliphatic rings. The number of rotatable bonds is 13. The van der Waals surface area contributed by atoms with Crippen LogP contribution in [0, 0.1) is 5.82 Å². The Morgan fingerprint density at radius 1 is 1.17 bits per heavy atom. The molecule has 1 fully saturated rings. The maximum Gasteiger partial charge on any atom is 0.326 e. The highest BCUT2D eigenvalue weighted by Gasteiger charge is 2.42. The molecule has 1 saturated carbocycles. The van der Waals surface area contributed by atoms with E-state index in [1.165, 1.54) is 17.0 Å². The van der Waals surface area contributed by atoms with Crippen LogP contribution in [-0.4, -0.2) is 57.5 Å². The molecule has 186 valence electrons. The molecule has 0 spiro atoms. The van der Waals surface area contributed by atoms with E-state index in [0.717, 1.165) is 17.5 Å². The lowest BCUT2D eigenvalue weighted by atomic mass is 10.1. The molecule has 8 heteroatoms. The fourth-order valence-electron chi connectivity index (χ4n) is 4.65. The normalized spacial score (nSPS) is 17.4. The summed E-state index contributed by atoms with van der Waals surface area (Å²) in [7, 11) is 0. The van der Waals surface area contributed by atoms with Gasteiger partial charge < -0.3 is 10.0 Å². The topological polar surface area (TPSA) is 86.6 Å². The highest BCUT2D eigenvalue weighted by molar-refractivity contribution is 5.88. The number of halogens is 1. The van der Waals surface area contributed by atoms with Crippen LogP contribution >= 0.6 is 0 Å². The van der Waals surface area contributed by atoms with Gasteiger partial charge in [-0.05, 0) is 55.6 Å². The summed E-state index contributed by atoms with van der Waals surface area (Å²) in [5.74, 6) is -0.965. The number of benzene rings is 2. The van der Waals surface area contributed by atoms with Crippen LogP contribution in [0.15, 0.2) is 79.8 Å². The number of hydrogen-bond donors (Lipinski definition) is 1. The Morgan fingerprint density at radius 2 is 1.92 bits per heavy atom. The molecular formula is C28H29FN4O3. The van der Waals surface area contributed by atoms with Crippen molar-refractivity contribution in [1.29, 1.82) is 0 Å². The maximum atomic E-state index is 13.3. The number of carbonyl (C=O) groups excluding carboxylic acids is 1. The molecule has 7 nitrogen and oxygen atoms in total. The highest BCUT2D eigenvalue weighted by atomic mass is 19.1. The van der Waals surface area contributed by atoms with Crippen molar-refractivity contribution in [2.45, 2.75) is 37.3 Å². The standard InChI is InChI=1S/C28H29FN4O3/c1-2-15-32(27-17-24(27)20-5-9-22(29)10-6-20)16-3-4-26(28(35)36)33(19-34)23-11-7-21(8-12-23)25-18-30-13-14-31-25/h2,5-14,18-19,24,26-27H,1,3-4,15-17H2,(H,35,36)/t24-,26-,27+/m0/s1. The average Bonchev–Trinajstić information content (AvgIpc) is 3.69. The number of amides is 1. The van der Waals surface area contributed by atoms with Crippen LogP contribution < -0.4 is 4.90 Å². The van der Waals surface area contributed by atoms with Gasteiger partial charge in [-0.1, -0.05) is 30.3 Å². The summed E-state index contributed by atoms with van der Waals surface area (Å²) in [5, 5.41) is 9.89. The molecule has 36 heavy (non-hydrogen) atoms. The number of carboxylic acids is 1. The second kappa shape index (κ2) is 11.7. The minimum atomic E-state index is -1.05. The molecule has 0 aliphatic heterocycles. The third-order valence-electron chi connectivity index (χ3n) is 6.57. The number of anilines is 1. The van der Waals surface area contributed by atoms with Crippen molar-refractivity contribution in [3.8, 4) is 11.3 Å². The van der Waals surface area contributed by atoms with Gasteiger partial charge >= 0.3 is 5.97 Å². The Morgan fingerprint density at radius 3 is 2.53 bits per heavy atom. The summed E-state index contributed by atoms with van der Waals surface area (Å²) in [6.45, 7) is 5.21. The predicted molar refractivity (Wildman–Crippen MR) is 136 cm³/mol. The van der Waals surface area contributed by atoms with Crippen molar-refractivity contribution in [2.24, 2.45) is 0 Å². The first-order valence-corrected chi connectivity index (χ1v) is 11.9. The molecule has 1 N–H and O–H groups in total. The summed E-state index contributed by atoms with van der Waals surface area (Å²) in [4.78, 5) is 35.9. The number of carboxylic acid groups (broad SMARTS) is 1. The summed E-state index contributed by atoms with van der Waals surface area (Å²) in [6, 6.07) is 13.0. The van der Waals surface area contributed by atoms with Crippen LogP contribution in [0.25, 0.3) is 11.3 Å². The van der Waals surface area contributed by atoms with E-state index in [9.17, 15) is 19.1 Å². The lowest BCUT2D eigenvalue weighted by molar-refractivity contribution is -0.139. The van der Waals surface area contributed by atoms with E-state index in [1.807, 2.05) is 18.2 Å². The van der Waals surface area contributed by atoms with Gasteiger partial charge in [0, 0.05) is 42.1 Å². The molecule has 0 radical (unpaired) electrons. The molecule has 0 bridgehead atoms. The molecule has 3 aromatic rings. The van der Waals surface area contributed by atoms with Gasteiger partial charge in [-0.2, -0.15) is 0 Å². The monoisotopic (exact) mass is 488 g/mol. The lowest BCUT2D eigenvalue weighted by Gasteiger charge is -2.27. The molecule has 1 heterocycles. The number of aliphatic carboxylic acids is 1. The molecular weight excluding hydrogens is 459 g/mol. The summed E-state index contributed by atoms with van der Waals surface area (Å²) in [5.41, 5.74) is 3.13. The van der Waals surface area contributed by atoms with E-state index < -0.39 is 12.0 Å². The fraction of sp³-hybridized carbons (Fsp3) is 0.286. The van der Waals surface area contributed by atoms with E-state index in [4.69, 9.17) is 0 Å². The van der Waals surface area contributed by atoms with Gasteiger partial charge in [0.25, 0.3) is 0 Å². The van der Waals surface area contributed by atoms with Crippen molar-refractivity contribution < 1.29 is 19.1 Å². The van der Waals surface area contributed by atoms with Crippen LogP contribution in [0.5, 0.6) is 0 Å². The van der Waals surface area contributed by atoms with Crippen LogP contribution in [0.2, 0.25) is 0 Å². The van der Waals surface area contributed by atoms with Gasteiger partial charge in [0.15, 0.2) is 0 Å². The summed E-state index contributed by atoms with van der Waals surface area (Å²) >= 11 is 0. The van der Waals surface area contributed by atoms with Gasteiger partial charge in [-0.15, -0.1) is 6.58 Å². The molecule has 0 saturated heterocycles. The van der Waals surface area contributed by atoms with Gasteiger partial charge in [-0.3, -0.25) is 19.7 Å². The zero-order valence-corrected chi connectivity index (χ0v) is 19.9. The Hall–Kier alpha value is -3.91. The Bertz CT molecular complexity index is 1170. The molecule has 3 atom stereocenters. The third kappa shape index (κ3) is 6.01. The molecule has 4 rings (SSSR count). The second-order valence-corrected chi connectivity index (χ2v) is 8.89. The van der Waals surface area contributed by atoms with E-state index in [0.29, 0.717) is 55.7 Å². The number of nitrogens with zero attached hydrogens (tertiary/aromatic N) is 4. The predicted octanol–water partition coefficient (Wildman–Crippen LogP) is 4.52. The summed E-state index contributed by atoms with van der Waals surface area (Å²) < 4.78 is 13.3. The smallest absolute Gasteiger partial charge is 0.326 e. The van der Waals surface area contributed by atoms with E-state index >= 15 is 0 Å². The minimum absolute atomic E-state index is 0.248. The lowest BCUT2D eigenvalue weighted by Crippen LogP contribution is -2.41. The van der Waals surface area contributed by atoms with Gasteiger partial charge in [0.05, 0.1) is 11.9 Å². The van der Waals surface area contributed by atoms with Crippen molar-refractivity contribution >= 4 is 18.1 Å². The van der Waals surface area contributed by atoms with Crippen LogP contribution in [0.1, 0.15) is 30.7 Å². The fourth-order valence-corrected chi connectivity index (χ4v) is 4.65. The molecule has 1 aliphatic carbocycles. The Balaban J connectivity index is 1.38. The first kappa shape index (κ1) is 25.2. The Labute approximate surface area is 209 Å². The van der Waals surface area contributed by atoms with Crippen LogP contribution in [0.4, 0.5) is 10.1 Å². The largest absolute Gasteiger partial charge is 0.480 e. The van der Waals surface area contributed by atoms with E-state index in [2.05, 4.69) is 21.4 Å². The molecule has 2 aromatic carbocycles. The number of carbonyl (C=O) groups is 2. The van der Waals surface area contributed by atoms with Crippen molar-refractivity contribution in [3.63, 3.8) is 0 Å². The maximum absolute atomic E-state index is 13.3. The van der Waals surface area contributed by atoms with E-state index in [1.54, 1.807) is 42.9 Å². The van der Waals surface area contributed by atoms with E-state index in [-0.39, 0.29) is 5.82 Å². The van der Waals surface area contributed by atoms with Crippen molar-refractivity contribution in [3.05, 3.63) is 91.2 Å². The van der Waals surface area contributed by atoms with Crippen molar-refractivity contribution in [1.82, 2.24) is 14.9 Å². The average molecular weight is 489 g/mol. The first-order valence-electron chi connectivity index (χ1n) is 11.9. The van der Waals surface area contributed by atoms with Gasteiger partial charge in [0.2, 0.25) is 6.41 Å². The molecule has 1 aromatic heterocycles. The zero-order chi connectivity index (χ0) is 25.5. The first-order chi connectivity index (χ1) is 17.5. The minimum Gasteiger partial charge on any atom is -0.480 e. The number of aromatic nitrogens is 2. The molecule has 0 unspecified atom stereocenters. The zero-order valence-electron chi connectivity index (χ0n) is 19.9. The molecule has 1 amide bonds.